The second-order valence-corrected chi connectivity index (χ2v) is 2.17. The molecule has 1 aromatic rings. The minimum atomic E-state index is 0.472. The number of hydrogen-bond donors (Lipinski definition) is 0. The largest absolute Gasteiger partial charge is 0.303 e. The van der Waals surface area contributed by atoms with Crippen LogP contribution in [0, 0.1) is 6.92 Å². The van der Waals surface area contributed by atoms with Crippen LogP contribution in [-0.2, 0) is 11.2 Å². The SMILES string of the molecule is Cc1ccncc1CC=O. The van der Waals surface area contributed by atoms with Gasteiger partial charge in [0.25, 0.3) is 0 Å². The molecule has 0 unspecified atom stereocenters. The van der Waals surface area contributed by atoms with Crippen molar-refractivity contribution in [3.8, 4) is 0 Å². The van der Waals surface area contributed by atoms with E-state index in [9.17, 15) is 4.79 Å². The van der Waals surface area contributed by atoms with Gasteiger partial charge in [-0.25, -0.2) is 0 Å². The number of rotatable bonds is 2. The smallest absolute Gasteiger partial charge is 0.124 e. The lowest BCUT2D eigenvalue weighted by atomic mass is 10.1. The summed E-state index contributed by atoms with van der Waals surface area (Å²) >= 11 is 0. The maximum atomic E-state index is 10.1. The molecule has 0 fully saturated rings. The third-order valence-electron chi connectivity index (χ3n) is 1.45. The van der Waals surface area contributed by atoms with E-state index in [1.807, 2.05) is 13.0 Å². The molecule has 0 saturated heterocycles. The third kappa shape index (κ3) is 1.41. The molecule has 52 valence electrons. The van der Waals surface area contributed by atoms with Crippen LogP contribution in [0.3, 0.4) is 0 Å². The highest BCUT2D eigenvalue weighted by atomic mass is 16.1. The third-order valence-corrected chi connectivity index (χ3v) is 1.45. The highest BCUT2D eigenvalue weighted by molar-refractivity contribution is 5.55. The Morgan fingerprint density at radius 2 is 2.50 bits per heavy atom. The Morgan fingerprint density at radius 1 is 1.70 bits per heavy atom. The molecular formula is C8H9NO. The molecule has 0 amide bonds. The molecule has 0 aliphatic rings. The summed E-state index contributed by atoms with van der Waals surface area (Å²) in [5.74, 6) is 0. The zero-order valence-electron chi connectivity index (χ0n) is 5.87. The molecule has 0 aromatic carbocycles. The summed E-state index contributed by atoms with van der Waals surface area (Å²) < 4.78 is 0. The molecule has 0 radical (unpaired) electrons. The van der Waals surface area contributed by atoms with Crippen molar-refractivity contribution < 1.29 is 4.79 Å². The van der Waals surface area contributed by atoms with Gasteiger partial charge in [0, 0.05) is 18.8 Å². The van der Waals surface area contributed by atoms with Gasteiger partial charge >= 0.3 is 0 Å². The minimum Gasteiger partial charge on any atom is -0.303 e. The fraction of sp³-hybridized carbons (Fsp3) is 0.250. The molecule has 0 spiro atoms. The molecule has 0 aliphatic heterocycles. The number of aldehydes is 1. The Kier molecular flexibility index (Phi) is 2.15. The van der Waals surface area contributed by atoms with Crippen molar-refractivity contribution in [2.45, 2.75) is 13.3 Å². The molecule has 10 heavy (non-hydrogen) atoms. The monoisotopic (exact) mass is 135 g/mol. The minimum absolute atomic E-state index is 0.472. The summed E-state index contributed by atoms with van der Waals surface area (Å²) in [7, 11) is 0. The fourth-order valence-corrected chi connectivity index (χ4v) is 0.800. The lowest BCUT2D eigenvalue weighted by Crippen LogP contribution is -1.90. The molecule has 2 nitrogen and oxygen atoms in total. The summed E-state index contributed by atoms with van der Waals surface area (Å²) in [5.41, 5.74) is 2.14. The summed E-state index contributed by atoms with van der Waals surface area (Å²) in [6.07, 6.45) is 4.82. The normalized spacial score (nSPS) is 9.30. The first kappa shape index (κ1) is 6.93. The standard InChI is InChI=1S/C8H9NO/c1-7-2-4-9-6-8(7)3-5-10/h2,4-6H,3H2,1H3. The van der Waals surface area contributed by atoms with Gasteiger partial charge in [0.15, 0.2) is 0 Å². The van der Waals surface area contributed by atoms with Crippen molar-refractivity contribution in [1.29, 1.82) is 0 Å². The van der Waals surface area contributed by atoms with E-state index in [0.29, 0.717) is 6.42 Å². The van der Waals surface area contributed by atoms with Crippen LogP contribution in [0.4, 0.5) is 0 Å². The maximum Gasteiger partial charge on any atom is 0.124 e. The van der Waals surface area contributed by atoms with Gasteiger partial charge in [-0.05, 0) is 24.1 Å². The van der Waals surface area contributed by atoms with Crippen LogP contribution in [0.15, 0.2) is 18.5 Å². The Balaban J connectivity index is 2.91. The summed E-state index contributed by atoms with van der Waals surface area (Å²) in [6.45, 7) is 1.97. The van der Waals surface area contributed by atoms with Crippen molar-refractivity contribution in [3.63, 3.8) is 0 Å². The zero-order valence-corrected chi connectivity index (χ0v) is 5.87. The van der Waals surface area contributed by atoms with Crippen molar-refractivity contribution >= 4 is 6.29 Å². The Morgan fingerprint density at radius 3 is 3.10 bits per heavy atom. The molecule has 0 N–H and O–H groups in total. The first-order valence-electron chi connectivity index (χ1n) is 3.17. The zero-order chi connectivity index (χ0) is 7.40. The van der Waals surface area contributed by atoms with E-state index in [1.165, 1.54) is 0 Å². The predicted octanol–water partition coefficient (Wildman–Crippen LogP) is 1.13. The Hall–Kier alpha value is -1.18. The molecule has 0 aliphatic carbocycles. The summed E-state index contributed by atoms with van der Waals surface area (Å²) in [5, 5.41) is 0. The van der Waals surface area contributed by atoms with Crippen molar-refractivity contribution in [3.05, 3.63) is 29.6 Å². The van der Waals surface area contributed by atoms with Crippen molar-refractivity contribution in [2.75, 3.05) is 0 Å². The van der Waals surface area contributed by atoms with Gasteiger partial charge in [-0.1, -0.05) is 0 Å². The molecule has 1 heterocycles. The summed E-state index contributed by atoms with van der Waals surface area (Å²) in [4.78, 5) is 14.0. The van der Waals surface area contributed by atoms with E-state index in [2.05, 4.69) is 4.98 Å². The van der Waals surface area contributed by atoms with E-state index < -0.39 is 0 Å². The number of pyridine rings is 1. The maximum absolute atomic E-state index is 10.1. The highest BCUT2D eigenvalue weighted by Gasteiger charge is 1.93. The average molecular weight is 135 g/mol. The van der Waals surface area contributed by atoms with Crippen LogP contribution < -0.4 is 0 Å². The predicted molar refractivity (Wildman–Crippen MR) is 38.7 cm³/mol. The number of carbonyl (C=O) groups is 1. The van der Waals surface area contributed by atoms with E-state index >= 15 is 0 Å². The molecule has 0 bridgehead atoms. The number of hydrogen-bond acceptors (Lipinski definition) is 2. The Labute approximate surface area is 59.9 Å². The van der Waals surface area contributed by atoms with Crippen LogP contribution in [0.25, 0.3) is 0 Å². The van der Waals surface area contributed by atoms with Crippen molar-refractivity contribution in [2.24, 2.45) is 0 Å². The topological polar surface area (TPSA) is 30.0 Å². The second kappa shape index (κ2) is 3.11. The van der Waals surface area contributed by atoms with E-state index in [1.54, 1.807) is 12.4 Å². The van der Waals surface area contributed by atoms with Gasteiger partial charge in [0.1, 0.15) is 6.29 Å². The van der Waals surface area contributed by atoms with Gasteiger partial charge < -0.3 is 4.79 Å². The lowest BCUT2D eigenvalue weighted by Gasteiger charge is -1.97. The van der Waals surface area contributed by atoms with E-state index in [-0.39, 0.29) is 0 Å². The van der Waals surface area contributed by atoms with Gasteiger partial charge in [0.2, 0.25) is 0 Å². The van der Waals surface area contributed by atoms with Gasteiger partial charge in [0.05, 0.1) is 0 Å². The van der Waals surface area contributed by atoms with E-state index in [0.717, 1.165) is 17.4 Å². The number of aryl methyl sites for hydroxylation is 1. The number of carbonyl (C=O) groups excluding carboxylic acids is 1. The fourth-order valence-electron chi connectivity index (χ4n) is 0.800. The van der Waals surface area contributed by atoms with Crippen LogP contribution >= 0.6 is 0 Å². The number of aromatic nitrogens is 1. The second-order valence-electron chi connectivity index (χ2n) is 2.17. The first-order chi connectivity index (χ1) is 4.84. The van der Waals surface area contributed by atoms with E-state index in [4.69, 9.17) is 0 Å². The molecule has 0 atom stereocenters. The molecular weight excluding hydrogens is 126 g/mol. The molecule has 1 aromatic heterocycles. The van der Waals surface area contributed by atoms with Crippen LogP contribution in [0.2, 0.25) is 0 Å². The quantitative estimate of drug-likeness (QED) is 0.569. The van der Waals surface area contributed by atoms with Crippen LogP contribution in [0.5, 0.6) is 0 Å². The summed E-state index contributed by atoms with van der Waals surface area (Å²) in [6, 6.07) is 1.90. The number of nitrogens with zero attached hydrogens (tertiary/aromatic N) is 1. The average Bonchev–Trinajstić information content (AvgIpc) is 1.94. The molecule has 0 saturated carbocycles. The van der Waals surface area contributed by atoms with Gasteiger partial charge in [-0.15, -0.1) is 0 Å². The Bertz CT molecular complexity index is 232. The van der Waals surface area contributed by atoms with Crippen LogP contribution in [0.1, 0.15) is 11.1 Å². The molecule has 1 rings (SSSR count). The van der Waals surface area contributed by atoms with Gasteiger partial charge in [-0.3, -0.25) is 4.98 Å². The van der Waals surface area contributed by atoms with Crippen LogP contribution in [-0.4, -0.2) is 11.3 Å². The lowest BCUT2D eigenvalue weighted by molar-refractivity contribution is -0.107. The van der Waals surface area contributed by atoms with Gasteiger partial charge in [-0.2, -0.15) is 0 Å². The first-order valence-corrected chi connectivity index (χ1v) is 3.17. The molecule has 2 heteroatoms. The van der Waals surface area contributed by atoms with Crippen molar-refractivity contribution in [1.82, 2.24) is 4.98 Å². The highest BCUT2D eigenvalue weighted by Crippen LogP contribution is 2.03.